The van der Waals surface area contributed by atoms with Crippen LogP contribution in [0.4, 0.5) is 9.18 Å². The lowest BCUT2D eigenvalue weighted by Gasteiger charge is -2.20. The van der Waals surface area contributed by atoms with E-state index in [0.29, 0.717) is 0 Å². The van der Waals surface area contributed by atoms with Crippen molar-refractivity contribution < 1.29 is 28.8 Å². The smallest absolute Gasteiger partial charge is 0.441 e. The van der Waals surface area contributed by atoms with Gasteiger partial charge in [-0.1, -0.05) is 36.9 Å². The Labute approximate surface area is 145 Å². The largest absolute Gasteiger partial charge is 0.475 e. The van der Waals surface area contributed by atoms with Gasteiger partial charge in [0.05, 0.1) is 19.0 Å². The molecule has 9 heteroatoms. The van der Waals surface area contributed by atoms with Crippen molar-refractivity contribution in [3.05, 3.63) is 48.6 Å². The average Bonchev–Trinajstić information content (AvgIpc) is 2.95. The fourth-order valence-corrected chi connectivity index (χ4v) is 2.58. The summed E-state index contributed by atoms with van der Waals surface area (Å²) in [5, 5.41) is 21.2. The van der Waals surface area contributed by atoms with Crippen molar-refractivity contribution in [2.75, 3.05) is 13.1 Å². The number of alkyl halides is 1. The van der Waals surface area contributed by atoms with Crippen LogP contribution in [0.2, 0.25) is 0 Å². The first-order valence-electron chi connectivity index (χ1n) is 7.83. The molecule has 0 bridgehead atoms. The van der Waals surface area contributed by atoms with E-state index in [1.165, 1.54) is 4.90 Å². The van der Waals surface area contributed by atoms with Crippen molar-refractivity contribution >= 4 is 19.1 Å². The van der Waals surface area contributed by atoms with Gasteiger partial charge in [-0.2, -0.15) is 0 Å². The third-order valence-electron chi connectivity index (χ3n) is 3.90. The predicted octanol–water partition coefficient (Wildman–Crippen LogP) is 0.0708. The standard InChI is InChI=1S/C16H20BFN2O5/c1-2-15(21)20-9-12(18)13(10-20)25-16(22)19-14(17(23)24)8-11-6-4-3-5-7-11/h2-7,12-14,23-24H,1,8-10H2,(H,19,22)/t12-,13+,14?/m1/s1. The highest BCUT2D eigenvalue weighted by atomic mass is 19.1. The van der Waals surface area contributed by atoms with Gasteiger partial charge in [0.1, 0.15) is 0 Å². The number of likely N-dealkylation sites (tertiary alicyclic amines) is 1. The van der Waals surface area contributed by atoms with Gasteiger partial charge in [-0.15, -0.1) is 0 Å². The van der Waals surface area contributed by atoms with E-state index in [2.05, 4.69) is 11.9 Å². The minimum atomic E-state index is -1.81. The van der Waals surface area contributed by atoms with E-state index < -0.39 is 37.3 Å². The van der Waals surface area contributed by atoms with Crippen molar-refractivity contribution in [3.63, 3.8) is 0 Å². The topological polar surface area (TPSA) is 99.1 Å². The number of hydrogen-bond donors (Lipinski definition) is 3. The van der Waals surface area contributed by atoms with E-state index in [0.717, 1.165) is 11.6 Å². The van der Waals surface area contributed by atoms with E-state index in [1.54, 1.807) is 24.3 Å². The van der Waals surface area contributed by atoms with E-state index in [4.69, 9.17) is 4.74 Å². The fraction of sp³-hybridized carbons (Fsp3) is 0.375. The first kappa shape index (κ1) is 18.9. The fourth-order valence-electron chi connectivity index (χ4n) is 2.58. The summed E-state index contributed by atoms with van der Waals surface area (Å²) in [5.41, 5.74) is 0.785. The maximum absolute atomic E-state index is 13.9. The monoisotopic (exact) mass is 350 g/mol. The second kappa shape index (κ2) is 8.64. The summed E-state index contributed by atoms with van der Waals surface area (Å²) in [6, 6.07) is 8.93. The van der Waals surface area contributed by atoms with Gasteiger partial charge in [0, 0.05) is 0 Å². The number of rotatable bonds is 6. The molecule has 1 heterocycles. The van der Waals surface area contributed by atoms with E-state index in [-0.39, 0.29) is 19.5 Å². The van der Waals surface area contributed by atoms with Crippen LogP contribution in [0.3, 0.4) is 0 Å². The lowest BCUT2D eigenvalue weighted by molar-refractivity contribution is -0.125. The normalized spacial score (nSPS) is 20.7. The molecular formula is C16H20BFN2O5. The zero-order chi connectivity index (χ0) is 18.4. The van der Waals surface area contributed by atoms with Gasteiger partial charge >= 0.3 is 13.2 Å². The number of hydrogen-bond acceptors (Lipinski definition) is 5. The average molecular weight is 350 g/mol. The molecule has 1 aliphatic rings. The van der Waals surface area contributed by atoms with Crippen molar-refractivity contribution in [2.24, 2.45) is 0 Å². The quantitative estimate of drug-likeness (QED) is 0.498. The second-order valence-corrected chi connectivity index (χ2v) is 5.76. The number of nitrogens with one attached hydrogen (secondary N) is 1. The molecule has 1 aromatic rings. The Bertz CT molecular complexity index is 616. The van der Waals surface area contributed by atoms with Crippen LogP contribution in [0.1, 0.15) is 5.56 Å². The molecular weight excluding hydrogens is 330 g/mol. The minimum Gasteiger partial charge on any atom is -0.441 e. The molecule has 1 aliphatic heterocycles. The van der Waals surface area contributed by atoms with Crippen LogP contribution < -0.4 is 5.32 Å². The van der Waals surface area contributed by atoms with Gasteiger partial charge < -0.3 is 25.0 Å². The Morgan fingerprint density at radius 1 is 1.40 bits per heavy atom. The molecule has 134 valence electrons. The van der Waals surface area contributed by atoms with Gasteiger partial charge in [0.15, 0.2) is 12.3 Å². The Balaban J connectivity index is 1.91. The van der Waals surface area contributed by atoms with E-state index in [1.807, 2.05) is 6.07 Å². The molecule has 0 radical (unpaired) electrons. The van der Waals surface area contributed by atoms with Crippen LogP contribution in [0.25, 0.3) is 0 Å². The maximum atomic E-state index is 13.9. The first-order chi connectivity index (χ1) is 11.9. The number of alkyl carbamates (subject to hydrolysis) is 1. The van der Waals surface area contributed by atoms with Crippen molar-refractivity contribution in [2.45, 2.75) is 24.6 Å². The SMILES string of the molecule is C=CC(=O)N1C[C@@H](F)[C@@H](OC(=O)NC(Cc2ccccc2)B(O)O)C1. The van der Waals surface area contributed by atoms with Gasteiger partial charge in [-0.3, -0.25) is 4.79 Å². The molecule has 1 unspecified atom stereocenters. The van der Waals surface area contributed by atoms with E-state index in [9.17, 15) is 24.0 Å². The molecule has 0 saturated carbocycles. The molecule has 0 aromatic heterocycles. The van der Waals surface area contributed by atoms with Crippen molar-refractivity contribution in [3.8, 4) is 0 Å². The molecule has 2 rings (SSSR count). The Kier molecular flexibility index (Phi) is 6.54. The molecule has 7 nitrogen and oxygen atoms in total. The summed E-state index contributed by atoms with van der Waals surface area (Å²) in [4.78, 5) is 24.6. The van der Waals surface area contributed by atoms with Gasteiger partial charge in [0.2, 0.25) is 5.91 Å². The van der Waals surface area contributed by atoms with Gasteiger partial charge in [0.25, 0.3) is 0 Å². The Morgan fingerprint density at radius 2 is 2.08 bits per heavy atom. The number of ether oxygens (including phenoxy) is 1. The van der Waals surface area contributed by atoms with Crippen molar-refractivity contribution in [1.82, 2.24) is 10.2 Å². The zero-order valence-corrected chi connectivity index (χ0v) is 13.5. The third-order valence-corrected chi connectivity index (χ3v) is 3.90. The van der Waals surface area contributed by atoms with Crippen LogP contribution in [-0.2, 0) is 16.0 Å². The lowest BCUT2D eigenvalue weighted by Crippen LogP contribution is -2.49. The van der Waals surface area contributed by atoms with Crippen molar-refractivity contribution in [1.29, 1.82) is 0 Å². The van der Waals surface area contributed by atoms with Crippen LogP contribution in [0.5, 0.6) is 0 Å². The Hall–Kier alpha value is -2.39. The molecule has 1 fully saturated rings. The summed E-state index contributed by atoms with van der Waals surface area (Å²) >= 11 is 0. The summed E-state index contributed by atoms with van der Waals surface area (Å²) in [6.45, 7) is 3.06. The summed E-state index contributed by atoms with van der Waals surface area (Å²) in [7, 11) is -1.81. The van der Waals surface area contributed by atoms with Crippen LogP contribution >= 0.6 is 0 Å². The van der Waals surface area contributed by atoms with Gasteiger partial charge in [-0.25, -0.2) is 9.18 Å². The molecule has 0 aliphatic carbocycles. The summed E-state index contributed by atoms with van der Waals surface area (Å²) in [6.07, 6.45) is -2.38. The first-order valence-corrected chi connectivity index (χ1v) is 7.83. The molecule has 3 N–H and O–H groups in total. The molecule has 2 amide bonds. The molecule has 25 heavy (non-hydrogen) atoms. The highest BCUT2D eigenvalue weighted by Gasteiger charge is 2.38. The number of benzene rings is 1. The van der Waals surface area contributed by atoms with E-state index >= 15 is 0 Å². The van der Waals surface area contributed by atoms with Crippen LogP contribution in [0, 0.1) is 0 Å². The second-order valence-electron chi connectivity index (χ2n) is 5.76. The molecule has 0 spiro atoms. The molecule has 1 saturated heterocycles. The number of nitrogens with zero attached hydrogens (tertiary/aromatic N) is 1. The predicted molar refractivity (Wildman–Crippen MR) is 89.2 cm³/mol. The number of carbonyl (C=O) groups is 2. The lowest BCUT2D eigenvalue weighted by atomic mass is 9.76. The number of amides is 2. The summed E-state index contributed by atoms with van der Waals surface area (Å²) in [5.74, 6) is -1.46. The third kappa shape index (κ3) is 5.30. The minimum absolute atomic E-state index is 0.0789. The molecule has 3 atom stereocenters. The number of halogens is 1. The maximum Gasteiger partial charge on any atom is 0.475 e. The van der Waals surface area contributed by atoms with Crippen LogP contribution in [0.15, 0.2) is 43.0 Å². The van der Waals surface area contributed by atoms with Crippen LogP contribution in [-0.4, -0.2) is 65.4 Å². The zero-order valence-electron chi connectivity index (χ0n) is 13.5. The highest BCUT2D eigenvalue weighted by Crippen LogP contribution is 2.17. The number of carbonyl (C=O) groups excluding carboxylic acids is 2. The Morgan fingerprint density at radius 3 is 2.68 bits per heavy atom. The summed E-state index contributed by atoms with van der Waals surface area (Å²) < 4.78 is 18.9. The molecule has 1 aromatic carbocycles. The van der Waals surface area contributed by atoms with Gasteiger partial charge in [-0.05, 0) is 18.1 Å². The highest BCUT2D eigenvalue weighted by molar-refractivity contribution is 6.43.